The fourth-order valence-electron chi connectivity index (χ4n) is 2.83. The van der Waals surface area contributed by atoms with Gasteiger partial charge in [0.15, 0.2) is 0 Å². The number of nitrogens with zero attached hydrogens (tertiary/aromatic N) is 1. The third-order valence-electron chi connectivity index (χ3n) is 3.82. The topological polar surface area (TPSA) is 35.5 Å². The number of hydrogen-bond donors (Lipinski definition) is 2. The van der Waals surface area contributed by atoms with Gasteiger partial charge in [0, 0.05) is 38.8 Å². The molecule has 1 aromatic carbocycles. The van der Waals surface area contributed by atoms with Gasteiger partial charge in [-0.1, -0.05) is 6.07 Å². The van der Waals surface area contributed by atoms with Gasteiger partial charge in [0.05, 0.1) is 0 Å². The number of aliphatic hydroxyl groups excluding tert-OH is 1. The maximum atomic E-state index is 13.2. The SMILES string of the molecule is Cc1cc(F)ccc1[C@H](CCCO)N1CCNCC1.Cl. The molecule has 3 nitrogen and oxygen atoms in total. The van der Waals surface area contributed by atoms with Crippen molar-refractivity contribution in [2.24, 2.45) is 0 Å². The summed E-state index contributed by atoms with van der Waals surface area (Å²) in [5.74, 6) is -0.178. The molecular formula is C15H24ClFN2O. The molecule has 5 heteroatoms. The fourth-order valence-corrected chi connectivity index (χ4v) is 2.83. The number of piperazine rings is 1. The van der Waals surface area contributed by atoms with Gasteiger partial charge < -0.3 is 10.4 Å². The second kappa shape index (κ2) is 8.57. The zero-order valence-electron chi connectivity index (χ0n) is 11.9. The van der Waals surface area contributed by atoms with Gasteiger partial charge >= 0.3 is 0 Å². The first kappa shape index (κ1) is 17.4. The van der Waals surface area contributed by atoms with E-state index in [2.05, 4.69) is 10.2 Å². The minimum atomic E-state index is -0.178. The summed E-state index contributed by atoms with van der Waals surface area (Å²) in [5, 5.41) is 12.4. The molecule has 0 amide bonds. The summed E-state index contributed by atoms with van der Waals surface area (Å²) in [6, 6.07) is 5.32. The van der Waals surface area contributed by atoms with E-state index < -0.39 is 0 Å². The zero-order valence-corrected chi connectivity index (χ0v) is 12.8. The molecule has 0 radical (unpaired) electrons. The Morgan fingerprint density at radius 3 is 2.65 bits per heavy atom. The maximum Gasteiger partial charge on any atom is 0.123 e. The van der Waals surface area contributed by atoms with E-state index in [1.54, 1.807) is 6.07 Å². The molecule has 1 aliphatic rings. The summed E-state index contributed by atoms with van der Waals surface area (Å²) in [5.41, 5.74) is 2.19. The van der Waals surface area contributed by atoms with Crippen LogP contribution in [-0.4, -0.2) is 42.8 Å². The zero-order chi connectivity index (χ0) is 13.7. The Morgan fingerprint density at radius 2 is 2.05 bits per heavy atom. The molecule has 20 heavy (non-hydrogen) atoms. The lowest BCUT2D eigenvalue weighted by molar-refractivity contribution is 0.154. The van der Waals surface area contributed by atoms with Gasteiger partial charge in [-0.25, -0.2) is 4.39 Å². The smallest absolute Gasteiger partial charge is 0.123 e. The van der Waals surface area contributed by atoms with Gasteiger partial charge in [0.2, 0.25) is 0 Å². The second-order valence-electron chi connectivity index (χ2n) is 5.17. The molecule has 1 heterocycles. The lowest BCUT2D eigenvalue weighted by Gasteiger charge is -2.36. The minimum absolute atomic E-state index is 0. The van der Waals surface area contributed by atoms with Crippen molar-refractivity contribution in [1.29, 1.82) is 0 Å². The first-order valence-electron chi connectivity index (χ1n) is 7.04. The Bertz CT molecular complexity index is 411. The van der Waals surface area contributed by atoms with Crippen LogP contribution in [0.4, 0.5) is 4.39 Å². The molecule has 1 aliphatic heterocycles. The first-order chi connectivity index (χ1) is 9.22. The molecule has 2 rings (SSSR count). The van der Waals surface area contributed by atoms with Gasteiger partial charge in [0.1, 0.15) is 5.82 Å². The van der Waals surface area contributed by atoms with Gasteiger partial charge in [-0.3, -0.25) is 4.90 Å². The molecule has 0 unspecified atom stereocenters. The highest BCUT2D eigenvalue weighted by Gasteiger charge is 2.23. The predicted octanol–water partition coefficient (Wildman–Crippen LogP) is 2.27. The van der Waals surface area contributed by atoms with Crippen molar-refractivity contribution in [3.8, 4) is 0 Å². The van der Waals surface area contributed by atoms with E-state index in [1.165, 1.54) is 11.6 Å². The fraction of sp³-hybridized carbons (Fsp3) is 0.600. The van der Waals surface area contributed by atoms with E-state index in [0.717, 1.165) is 44.6 Å². The molecule has 1 fully saturated rings. The van der Waals surface area contributed by atoms with E-state index >= 15 is 0 Å². The van der Waals surface area contributed by atoms with E-state index in [-0.39, 0.29) is 30.9 Å². The quantitative estimate of drug-likeness (QED) is 0.876. The van der Waals surface area contributed by atoms with Gasteiger partial charge in [-0.05, 0) is 43.0 Å². The van der Waals surface area contributed by atoms with Crippen molar-refractivity contribution in [3.63, 3.8) is 0 Å². The van der Waals surface area contributed by atoms with Crippen molar-refractivity contribution >= 4 is 12.4 Å². The Labute approximate surface area is 126 Å². The van der Waals surface area contributed by atoms with Gasteiger partial charge in [-0.15, -0.1) is 12.4 Å². The van der Waals surface area contributed by atoms with Crippen LogP contribution in [0.15, 0.2) is 18.2 Å². The number of aryl methyl sites for hydroxylation is 1. The Balaban J connectivity index is 0.00000200. The number of hydrogen-bond acceptors (Lipinski definition) is 3. The highest BCUT2D eigenvalue weighted by atomic mass is 35.5. The van der Waals surface area contributed by atoms with E-state index in [0.29, 0.717) is 0 Å². The largest absolute Gasteiger partial charge is 0.396 e. The van der Waals surface area contributed by atoms with Crippen LogP contribution in [0, 0.1) is 12.7 Å². The Morgan fingerprint density at radius 1 is 1.35 bits per heavy atom. The third kappa shape index (κ3) is 4.42. The Hall–Kier alpha value is -0.680. The van der Waals surface area contributed by atoms with E-state index in [4.69, 9.17) is 5.11 Å². The number of nitrogens with one attached hydrogen (secondary N) is 1. The van der Waals surface area contributed by atoms with Crippen LogP contribution in [0.25, 0.3) is 0 Å². The summed E-state index contributed by atoms with van der Waals surface area (Å²) in [7, 11) is 0. The predicted molar refractivity (Wildman–Crippen MR) is 81.9 cm³/mol. The van der Waals surface area contributed by atoms with Crippen LogP contribution < -0.4 is 5.32 Å². The molecule has 0 aromatic heterocycles. The average Bonchev–Trinajstić information content (AvgIpc) is 2.42. The molecular weight excluding hydrogens is 279 g/mol. The monoisotopic (exact) mass is 302 g/mol. The van der Waals surface area contributed by atoms with E-state index in [1.807, 2.05) is 13.0 Å². The molecule has 1 atom stereocenters. The Kier molecular flexibility index (Phi) is 7.45. The second-order valence-corrected chi connectivity index (χ2v) is 5.17. The summed E-state index contributed by atoms with van der Waals surface area (Å²) in [6.45, 7) is 6.18. The standard InChI is InChI=1S/C15H23FN2O.ClH/c1-12-11-13(16)4-5-14(12)15(3-2-10-19)18-8-6-17-7-9-18;/h4-5,11,15,17,19H,2-3,6-10H2,1H3;1H/t15-;/m0./s1. The molecule has 0 aliphatic carbocycles. The van der Waals surface area contributed by atoms with Crippen molar-refractivity contribution in [2.45, 2.75) is 25.8 Å². The van der Waals surface area contributed by atoms with Crippen LogP contribution in [0.2, 0.25) is 0 Å². The van der Waals surface area contributed by atoms with E-state index in [9.17, 15) is 4.39 Å². The van der Waals surface area contributed by atoms with Crippen molar-refractivity contribution in [3.05, 3.63) is 35.1 Å². The maximum absolute atomic E-state index is 13.2. The third-order valence-corrected chi connectivity index (χ3v) is 3.82. The average molecular weight is 303 g/mol. The highest BCUT2D eigenvalue weighted by molar-refractivity contribution is 5.85. The summed E-state index contributed by atoms with van der Waals surface area (Å²) in [4.78, 5) is 2.44. The molecule has 1 saturated heterocycles. The lowest BCUT2D eigenvalue weighted by Crippen LogP contribution is -2.45. The van der Waals surface area contributed by atoms with Crippen LogP contribution in [-0.2, 0) is 0 Å². The van der Waals surface area contributed by atoms with Crippen molar-refractivity contribution in [1.82, 2.24) is 10.2 Å². The normalized spacial score (nSPS) is 17.6. The number of aliphatic hydroxyl groups is 1. The number of benzene rings is 1. The van der Waals surface area contributed by atoms with Crippen molar-refractivity contribution in [2.75, 3.05) is 32.8 Å². The lowest BCUT2D eigenvalue weighted by atomic mass is 9.95. The van der Waals surface area contributed by atoms with Crippen LogP contribution in [0.1, 0.15) is 30.0 Å². The summed E-state index contributed by atoms with van der Waals surface area (Å²) in [6.07, 6.45) is 1.70. The molecule has 114 valence electrons. The van der Waals surface area contributed by atoms with Crippen molar-refractivity contribution < 1.29 is 9.50 Å². The molecule has 0 bridgehead atoms. The summed E-state index contributed by atoms with van der Waals surface area (Å²) >= 11 is 0. The summed E-state index contributed by atoms with van der Waals surface area (Å²) < 4.78 is 13.2. The molecule has 0 saturated carbocycles. The van der Waals surface area contributed by atoms with Gasteiger partial charge in [-0.2, -0.15) is 0 Å². The number of halogens is 2. The molecule has 0 spiro atoms. The van der Waals surface area contributed by atoms with Crippen LogP contribution >= 0.6 is 12.4 Å². The first-order valence-corrected chi connectivity index (χ1v) is 7.04. The van der Waals surface area contributed by atoms with Crippen LogP contribution in [0.3, 0.4) is 0 Å². The van der Waals surface area contributed by atoms with Crippen LogP contribution in [0.5, 0.6) is 0 Å². The van der Waals surface area contributed by atoms with Gasteiger partial charge in [0.25, 0.3) is 0 Å². The molecule has 2 N–H and O–H groups in total. The number of rotatable bonds is 5. The highest BCUT2D eigenvalue weighted by Crippen LogP contribution is 2.28. The molecule has 1 aromatic rings. The minimum Gasteiger partial charge on any atom is -0.396 e.